The summed E-state index contributed by atoms with van der Waals surface area (Å²) in [6, 6.07) is 1.84. The highest BCUT2D eigenvalue weighted by Crippen LogP contribution is 2.37. The van der Waals surface area contributed by atoms with Crippen molar-refractivity contribution < 1.29 is 22.7 Å². The van der Waals surface area contributed by atoms with Crippen LogP contribution in [-0.2, 0) is 23.8 Å². The van der Waals surface area contributed by atoms with E-state index >= 15 is 0 Å². The van der Waals surface area contributed by atoms with Gasteiger partial charge in [0.15, 0.2) is 8.32 Å². The number of hydrogen-bond acceptors (Lipinski definition) is 3. The normalized spacial score (nSPS) is 13.6. The molecule has 0 aliphatic rings. The van der Waals surface area contributed by atoms with Crippen LogP contribution in [0, 0.1) is 0 Å². The predicted octanol–water partition coefficient (Wildman–Crippen LogP) is 4.11. The molecule has 0 saturated heterocycles. The molecule has 0 aliphatic heterocycles. The van der Waals surface area contributed by atoms with Crippen molar-refractivity contribution in [3.63, 3.8) is 0 Å². The first-order valence-electron chi connectivity index (χ1n) is 6.68. The van der Waals surface area contributed by atoms with Crippen LogP contribution < -0.4 is 0 Å². The number of halogens is 3. The lowest BCUT2D eigenvalue weighted by Crippen LogP contribution is -2.40. The summed E-state index contributed by atoms with van der Waals surface area (Å²) in [6.07, 6.45) is -4.46. The molecule has 1 heterocycles. The lowest BCUT2D eigenvalue weighted by atomic mass is 10.2. The van der Waals surface area contributed by atoms with Crippen molar-refractivity contribution in [2.75, 3.05) is 0 Å². The minimum Gasteiger partial charge on any atom is -0.411 e. The molecule has 120 valence electrons. The van der Waals surface area contributed by atoms with Gasteiger partial charge in [0.05, 0.1) is 30.2 Å². The lowest BCUT2D eigenvalue weighted by Gasteiger charge is -2.36. The van der Waals surface area contributed by atoms with E-state index in [-0.39, 0.29) is 23.0 Å². The van der Waals surface area contributed by atoms with Crippen LogP contribution in [0.2, 0.25) is 18.1 Å². The number of aromatic nitrogens is 1. The zero-order chi connectivity index (χ0) is 16.5. The maximum atomic E-state index is 12.8. The third-order valence-corrected chi connectivity index (χ3v) is 8.29. The van der Waals surface area contributed by atoms with Crippen LogP contribution in [0.25, 0.3) is 0 Å². The van der Waals surface area contributed by atoms with Gasteiger partial charge in [-0.15, -0.1) is 0 Å². The molecule has 21 heavy (non-hydrogen) atoms. The average Bonchev–Trinajstić information content (AvgIpc) is 2.33. The van der Waals surface area contributed by atoms with Crippen molar-refractivity contribution in [1.29, 1.82) is 0 Å². The molecule has 0 spiro atoms. The van der Waals surface area contributed by atoms with Crippen LogP contribution >= 0.6 is 0 Å². The fraction of sp³-hybridized carbons (Fsp3) is 0.643. The van der Waals surface area contributed by atoms with E-state index < -0.39 is 26.7 Å². The molecular formula is C14H22F3NO2Si. The van der Waals surface area contributed by atoms with Gasteiger partial charge in [0.2, 0.25) is 0 Å². The molecule has 7 heteroatoms. The highest BCUT2D eigenvalue weighted by Gasteiger charge is 2.37. The van der Waals surface area contributed by atoms with E-state index in [0.717, 1.165) is 12.1 Å². The van der Waals surface area contributed by atoms with E-state index in [1.165, 1.54) is 0 Å². The van der Waals surface area contributed by atoms with Crippen LogP contribution in [0.4, 0.5) is 13.2 Å². The topological polar surface area (TPSA) is 42.4 Å². The van der Waals surface area contributed by atoms with Crippen LogP contribution in [0.1, 0.15) is 37.7 Å². The maximum absolute atomic E-state index is 12.8. The Balaban J connectivity index is 2.99. The highest BCUT2D eigenvalue weighted by molar-refractivity contribution is 6.74. The molecule has 0 unspecified atom stereocenters. The van der Waals surface area contributed by atoms with E-state index in [4.69, 9.17) is 9.53 Å². The Bertz CT molecular complexity index is 496. The third kappa shape index (κ3) is 4.79. The summed E-state index contributed by atoms with van der Waals surface area (Å²) < 4.78 is 44.3. The summed E-state index contributed by atoms with van der Waals surface area (Å²) in [6.45, 7) is 9.69. The van der Waals surface area contributed by atoms with Gasteiger partial charge in [-0.3, -0.25) is 4.98 Å². The summed E-state index contributed by atoms with van der Waals surface area (Å²) in [5.41, 5.74) is -0.618. The second-order valence-corrected chi connectivity index (χ2v) is 11.4. The Kier molecular flexibility index (Phi) is 5.23. The molecule has 0 amide bonds. The molecule has 1 aromatic heterocycles. The molecule has 0 aliphatic carbocycles. The molecule has 3 nitrogen and oxygen atoms in total. The number of aliphatic hydroxyl groups is 1. The number of hydrogen-bond donors (Lipinski definition) is 1. The zero-order valence-corrected chi connectivity index (χ0v) is 14.0. The van der Waals surface area contributed by atoms with Gasteiger partial charge in [0.1, 0.15) is 0 Å². The van der Waals surface area contributed by atoms with Crippen LogP contribution in [0.3, 0.4) is 0 Å². The van der Waals surface area contributed by atoms with E-state index in [2.05, 4.69) is 25.8 Å². The summed E-state index contributed by atoms with van der Waals surface area (Å²) in [5.74, 6) is 0. The smallest absolute Gasteiger partial charge is 0.411 e. The summed E-state index contributed by atoms with van der Waals surface area (Å²) in [7, 11) is -2.06. The van der Waals surface area contributed by atoms with Crippen molar-refractivity contribution in [3.05, 3.63) is 29.1 Å². The van der Waals surface area contributed by atoms with Gasteiger partial charge >= 0.3 is 6.18 Å². The number of rotatable bonds is 4. The van der Waals surface area contributed by atoms with Crippen molar-refractivity contribution in [2.24, 2.45) is 0 Å². The maximum Gasteiger partial charge on any atom is 0.416 e. The predicted molar refractivity (Wildman–Crippen MR) is 77.1 cm³/mol. The SMILES string of the molecule is CC(C)(C)[Si](C)(C)OCc1cc(C(F)(F)F)cc(CO)n1. The fourth-order valence-corrected chi connectivity index (χ4v) is 2.38. The van der Waals surface area contributed by atoms with Crippen LogP contribution in [-0.4, -0.2) is 18.4 Å². The van der Waals surface area contributed by atoms with Gasteiger partial charge in [-0.05, 0) is 30.3 Å². The van der Waals surface area contributed by atoms with E-state index in [9.17, 15) is 13.2 Å². The van der Waals surface area contributed by atoms with Gasteiger partial charge in [0.25, 0.3) is 0 Å². The van der Waals surface area contributed by atoms with Gasteiger partial charge in [-0.2, -0.15) is 13.2 Å². The quantitative estimate of drug-likeness (QED) is 0.849. The minimum atomic E-state index is -4.46. The minimum absolute atomic E-state index is 0.00124. The molecule has 0 radical (unpaired) electrons. The van der Waals surface area contributed by atoms with Gasteiger partial charge in [-0.1, -0.05) is 20.8 Å². The van der Waals surface area contributed by atoms with E-state index in [1.807, 2.05) is 13.1 Å². The number of alkyl halides is 3. The number of nitrogens with zero attached hydrogens (tertiary/aromatic N) is 1. The summed E-state index contributed by atoms with van der Waals surface area (Å²) in [4.78, 5) is 4.00. The van der Waals surface area contributed by atoms with Gasteiger partial charge in [-0.25, -0.2) is 0 Å². The molecule has 1 rings (SSSR count). The molecule has 0 atom stereocenters. The molecule has 0 aromatic carbocycles. The van der Waals surface area contributed by atoms with E-state index in [1.54, 1.807) is 0 Å². The standard InChI is InChI=1S/C14H22F3NO2Si/c1-13(2,3)21(4,5)20-9-12-7-10(14(15,16)17)6-11(8-19)18-12/h6-7,19H,8-9H2,1-5H3. The third-order valence-electron chi connectivity index (χ3n) is 3.81. The zero-order valence-electron chi connectivity index (χ0n) is 13.0. The second kappa shape index (κ2) is 6.06. The van der Waals surface area contributed by atoms with Crippen LogP contribution in [0.5, 0.6) is 0 Å². The number of pyridine rings is 1. The Morgan fingerprint density at radius 3 is 2.10 bits per heavy atom. The molecule has 1 aromatic rings. The van der Waals surface area contributed by atoms with E-state index in [0.29, 0.717) is 0 Å². The molecular weight excluding hydrogens is 299 g/mol. The Morgan fingerprint density at radius 1 is 1.14 bits per heavy atom. The summed E-state index contributed by atoms with van der Waals surface area (Å²) in [5, 5.41) is 9.01. The highest BCUT2D eigenvalue weighted by atomic mass is 28.4. The first-order chi connectivity index (χ1) is 9.37. The first-order valence-corrected chi connectivity index (χ1v) is 9.59. The summed E-state index contributed by atoms with van der Waals surface area (Å²) >= 11 is 0. The average molecular weight is 321 g/mol. The second-order valence-electron chi connectivity index (χ2n) is 6.54. The van der Waals surface area contributed by atoms with Gasteiger partial charge in [0, 0.05) is 0 Å². The van der Waals surface area contributed by atoms with Crippen molar-refractivity contribution >= 4 is 8.32 Å². The van der Waals surface area contributed by atoms with Crippen molar-refractivity contribution in [1.82, 2.24) is 4.98 Å². The monoisotopic (exact) mass is 321 g/mol. The Morgan fingerprint density at radius 2 is 1.67 bits per heavy atom. The fourth-order valence-electron chi connectivity index (χ4n) is 1.44. The van der Waals surface area contributed by atoms with Crippen molar-refractivity contribution in [2.45, 2.75) is 58.3 Å². The van der Waals surface area contributed by atoms with Gasteiger partial charge < -0.3 is 9.53 Å². The van der Waals surface area contributed by atoms with Crippen molar-refractivity contribution in [3.8, 4) is 0 Å². The lowest BCUT2D eigenvalue weighted by molar-refractivity contribution is -0.137. The Labute approximate surface area is 124 Å². The Hall–Kier alpha value is -0.923. The van der Waals surface area contributed by atoms with Crippen LogP contribution in [0.15, 0.2) is 12.1 Å². The largest absolute Gasteiger partial charge is 0.416 e. The molecule has 0 saturated carbocycles. The number of aliphatic hydroxyl groups excluding tert-OH is 1. The molecule has 0 bridgehead atoms. The first kappa shape index (κ1) is 18.1. The molecule has 0 fully saturated rings. The molecule has 1 N–H and O–H groups in total.